The summed E-state index contributed by atoms with van der Waals surface area (Å²) in [6.07, 6.45) is 3.82. The first-order chi connectivity index (χ1) is 15.0. The molecular formula is C22H23N3O3S3. The highest BCUT2D eigenvalue weighted by atomic mass is 32.2. The van der Waals surface area contributed by atoms with Crippen LogP contribution in [-0.4, -0.2) is 43.2 Å². The van der Waals surface area contributed by atoms with Crippen LogP contribution >= 0.6 is 22.7 Å². The summed E-state index contributed by atoms with van der Waals surface area (Å²) in [5.41, 5.74) is 3.59. The number of fused-ring (bicyclic) bond motifs is 1. The first-order valence-electron chi connectivity index (χ1n) is 10.4. The average molecular weight is 474 g/mol. The second-order valence-electron chi connectivity index (χ2n) is 7.88. The van der Waals surface area contributed by atoms with Crippen molar-refractivity contribution in [3.8, 4) is 10.6 Å². The van der Waals surface area contributed by atoms with Crippen LogP contribution in [0.5, 0.6) is 0 Å². The molecule has 0 N–H and O–H groups in total. The van der Waals surface area contributed by atoms with Crippen LogP contribution < -0.4 is 4.90 Å². The highest BCUT2D eigenvalue weighted by Gasteiger charge is 2.30. The zero-order chi connectivity index (χ0) is 21.4. The highest BCUT2D eigenvalue weighted by molar-refractivity contribution is 7.89. The number of carbonyl (C=O) groups excluding carboxylic acids is 1. The number of benzene rings is 1. The van der Waals surface area contributed by atoms with E-state index in [1.807, 2.05) is 16.8 Å². The van der Waals surface area contributed by atoms with Crippen molar-refractivity contribution in [2.75, 3.05) is 24.5 Å². The van der Waals surface area contributed by atoms with Crippen LogP contribution in [0.15, 0.2) is 45.3 Å². The van der Waals surface area contributed by atoms with Crippen LogP contribution in [0, 0.1) is 0 Å². The molecule has 5 rings (SSSR count). The fourth-order valence-corrected chi connectivity index (χ4v) is 7.31. The molecule has 1 fully saturated rings. The molecule has 0 unspecified atom stereocenters. The Morgan fingerprint density at radius 2 is 1.90 bits per heavy atom. The first-order valence-corrected chi connectivity index (χ1v) is 13.7. The van der Waals surface area contributed by atoms with Crippen molar-refractivity contribution in [1.82, 2.24) is 9.29 Å². The van der Waals surface area contributed by atoms with Gasteiger partial charge in [-0.3, -0.25) is 4.79 Å². The maximum atomic E-state index is 13.0. The number of aromatic nitrogens is 1. The molecule has 0 spiro atoms. The Kier molecular flexibility index (Phi) is 5.68. The minimum absolute atomic E-state index is 0.00689. The van der Waals surface area contributed by atoms with E-state index < -0.39 is 10.0 Å². The Bertz CT molecular complexity index is 1200. The van der Waals surface area contributed by atoms with Crippen molar-refractivity contribution < 1.29 is 13.2 Å². The van der Waals surface area contributed by atoms with Gasteiger partial charge in [0.2, 0.25) is 15.9 Å². The standard InChI is InChI=1S/C22H23N3O3S3/c26-21(13-18-15-30-22(23-18)17-7-11-29-14-17)25-10-6-16-12-19(4-5-20(16)25)31(27,28)24-8-2-1-3-9-24/h4-5,7,11-12,14-15H,1-3,6,8-10,13H2. The minimum atomic E-state index is -3.47. The van der Waals surface area contributed by atoms with Crippen molar-refractivity contribution >= 4 is 44.3 Å². The van der Waals surface area contributed by atoms with E-state index in [1.165, 1.54) is 0 Å². The van der Waals surface area contributed by atoms with Crippen molar-refractivity contribution in [3.05, 3.63) is 51.7 Å². The molecule has 9 heteroatoms. The fourth-order valence-electron chi connectivity index (χ4n) is 4.21. The van der Waals surface area contributed by atoms with Crippen LogP contribution in [0.25, 0.3) is 10.6 Å². The normalized spacial score (nSPS) is 17.1. The summed E-state index contributed by atoms with van der Waals surface area (Å²) >= 11 is 3.18. The van der Waals surface area contributed by atoms with Crippen LogP contribution in [0.1, 0.15) is 30.5 Å². The van der Waals surface area contributed by atoms with Crippen molar-refractivity contribution in [2.45, 2.75) is 37.0 Å². The summed E-state index contributed by atoms with van der Waals surface area (Å²) in [7, 11) is -3.47. The summed E-state index contributed by atoms with van der Waals surface area (Å²) in [5, 5.41) is 6.94. The summed E-state index contributed by atoms with van der Waals surface area (Å²) in [5.74, 6) is -0.00689. The van der Waals surface area contributed by atoms with E-state index in [9.17, 15) is 13.2 Å². The monoisotopic (exact) mass is 473 g/mol. The maximum absolute atomic E-state index is 13.0. The molecule has 2 aromatic heterocycles. The van der Waals surface area contributed by atoms with Crippen LogP contribution in [0.4, 0.5) is 5.69 Å². The second kappa shape index (κ2) is 8.46. The Hall–Kier alpha value is -2.07. The number of nitrogens with zero attached hydrogens (tertiary/aromatic N) is 3. The predicted octanol–water partition coefficient (Wildman–Crippen LogP) is 4.18. The van der Waals surface area contributed by atoms with E-state index >= 15 is 0 Å². The van der Waals surface area contributed by atoms with Crippen molar-refractivity contribution in [1.29, 1.82) is 0 Å². The van der Waals surface area contributed by atoms with E-state index in [0.29, 0.717) is 31.0 Å². The van der Waals surface area contributed by atoms with E-state index in [4.69, 9.17) is 0 Å². The third-order valence-corrected chi connectivity index (χ3v) is 9.37. The summed E-state index contributed by atoms with van der Waals surface area (Å²) < 4.78 is 27.6. The lowest BCUT2D eigenvalue weighted by Crippen LogP contribution is -2.35. The molecule has 162 valence electrons. The second-order valence-corrected chi connectivity index (χ2v) is 11.5. The summed E-state index contributed by atoms with van der Waals surface area (Å²) in [4.78, 5) is 19.7. The summed E-state index contributed by atoms with van der Waals surface area (Å²) in [6, 6.07) is 7.21. The van der Waals surface area contributed by atoms with Gasteiger partial charge in [-0.2, -0.15) is 15.6 Å². The number of piperidine rings is 1. The molecule has 31 heavy (non-hydrogen) atoms. The molecule has 0 bridgehead atoms. The molecule has 4 heterocycles. The van der Waals surface area contributed by atoms with Gasteiger partial charge in [-0.05, 0) is 54.5 Å². The topological polar surface area (TPSA) is 70.6 Å². The van der Waals surface area contributed by atoms with Gasteiger partial charge in [0, 0.05) is 41.6 Å². The molecule has 0 atom stereocenters. The van der Waals surface area contributed by atoms with Gasteiger partial charge in [0.15, 0.2) is 0 Å². The lowest BCUT2D eigenvalue weighted by molar-refractivity contribution is -0.117. The van der Waals surface area contributed by atoms with E-state index in [1.54, 1.807) is 50.1 Å². The van der Waals surface area contributed by atoms with Gasteiger partial charge in [0.1, 0.15) is 5.01 Å². The Morgan fingerprint density at radius 1 is 1.06 bits per heavy atom. The number of sulfonamides is 1. The average Bonchev–Trinajstić information content (AvgIpc) is 3.54. The highest BCUT2D eigenvalue weighted by Crippen LogP contribution is 2.33. The Balaban J connectivity index is 1.32. The van der Waals surface area contributed by atoms with Crippen LogP contribution in [0.3, 0.4) is 0 Å². The predicted molar refractivity (Wildman–Crippen MR) is 124 cm³/mol. The van der Waals surface area contributed by atoms with Gasteiger partial charge in [-0.15, -0.1) is 11.3 Å². The molecule has 1 amide bonds. The smallest absolute Gasteiger partial charge is 0.243 e. The number of carbonyl (C=O) groups is 1. The number of thiazole rings is 1. The zero-order valence-electron chi connectivity index (χ0n) is 17.0. The van der Waals surface area contributed by atoms with Gasteiger partial charge in [-0.1, -0.05) is 6.42 Å². The first kappa shape index (κ1) is 20.8. The number of thiophene rings is 1. The van der Waals surface area contributed by atoms with Gasteiger partial charge in [-0.25, -0.2) is 13.4 Å². The molecule has 6 nitrogen and oxygen atoms in total. The molecule has 1 aromatic carbocycles. The third kappa shape index (κ3) is 4.07. The number of hydrogen-bond acceptors (Lipinski definition) is 6. The van der Waals surface area contributed by atoms with Gasteiger partial charge in [0.25, 0.3) is 0 Å². The molecular weight excluding hydrogens is 450 g/mol. The Labute approximate surface area is 190 Å². The lowest BCUT2D eigenvalue weighted by atomic mass is 10.2. The molecule has 0 radical (unpaired) electrons. The van der Waals surface area contributed by atoms with E-state index in [0.717, 1.165) is 46.8 Å². The molecule has 2 aliphatic heterocycles. The molecule has 0 saturated carbocycles. The molecule has 2 aliphatic rings. The SMILES string of the molecule is O=C(Cc1csc(-c2ccsc2)n1)N1CCc2cc(S(=O)(=O)N3CCCCC3)ccc21. The van der Waals surface area contributed by atoms with Crippen molar-refractivity contribution in [3.63, 3.8) is 0 Å². The molecule has 1 saturated heterocycles. The number of hydrogen-bond donors (Lipinski definition) is 0. The zero-order valence-corrected chi connectivity index (χ0v) is 19.4. The largest absolute Gasteiger partial charge is 0.311 e. The quantitative estimate of drug-likeness (QED) is 0.557. The minimum Gasteiger partial charge on any atom is -0.311 e. The number of anilines is 1. The molecule has 0 aliphatic carbocycles. The third-order valence-electron chi connectivity index (χ3n) is 5.85. The number of rotatable bonds is 5. The van der Waals surface area contributed by atoms with Gasteiger partial charge < -0.3 is 4.90 Å². The van der Waals surface area contributed by atoms with Crippen molar-refractivity contribution in [2.24, 2.45) is 0 Å². The maximum Gasteiger partial charge on any atom is 0.243 e. The Morgan fingerprint density at radius 3 is 2.68 bits per heavy atom. The van der Waals surface area contributed by atoms with Crippen LogP contribution in [-0.2, 0) is 27.7 Å². The van der Waals surface area contributed by atoms with E-state index in [2.05, 4.69) is 10.4 Å². The van der Waals surface area contributed by atoms with Gasteiger partial charge >= 0.3 is 0 Å². The van der Waals surface area contributed by atoms with E-state index in [-0.39, 0.29) is 12.3 Å². The van der Waals surface area contributed by atoms with Crippen LogP contribution in [0.2, 0.25) is 0 Å². The van der Waals surface area contributed by atoms with Gasteiger partial charge in [0.05, 0.1) is 17.0 Å². The fraction of sp³-hybridized carbons (Fsp3) is 0.364. The lowest BCUT2D eigenvalue weighted by Gasteiger charge is -2.26. The number of amides is 1. The summed E-state index contributed by atoms with van der Waals surface area (Å²) in [6.45, 7) is 1.75. The molecule has 3 aromatic rings.